The van der Waals surface area contributed by atoms with Crippen LogP contribution in [0, 0.1) is 0 Å². The van der Waals surface area contributed by atoms with Gasteiger partial charge in [-0.25, -0.2) is 0 Å². The predicted molar refractivity (Wildman–Crippen MR) is 389 cm³/mol. The molecule has 0 bridgehead atoms. The number of nitrogens with zero attached hydrogens (tertiary/aromatic N) is 4. The molecule has 9 heteroatoms. The molecule has 1 aromatic heterocycles. The lowest BCUT2D eigenvalue weighted by Gasteiger charge is -2.51. The minimum atomic E-state index is -0.196. The zero-order valence-electron chi connectivity index (χ0n) is 50.3. The van der Waals surface area contributed by atoms with Crippen LogP contribution in [-0.2, 0) is 0 Å². The molecule has 0 unspecified atom stereocenters. The Labute approximate surface area is 539 Å². The second-order valence-corrected chi connectivity index (χ2v) is 25.3. The Bertz CT molecular complexity index is 5610. The van der Waals surface area contributed by atoms with Gasteiger partial charge >= 0.3 is 0 Å². The molecule has 6 aliphatic rings. The molecule has 6 aliphatic heterocycles. The molecule has 14 aromatic carbocycles. The number of hydrogen-bond donors (Lipinski definition) is 0. The second kappa shape index (κ2) is 19.3. The Kier molecular flexibility index (Phi) is 10.6. The molecule has 93 heavy (non-hydrogen) atoms. The normalized spacial score (nSPS) is 13.7. The van der Waals surface area contributed by atoms with E-state index in [1.54, 1.807) is 0 Å². The number of furan rings is 1. The number of ether oxygens (including phenoxy) is 1. The SMILES string of the molecule is c1ccc(-c2cccc(-c3ccccc3)c2N2c3cc4c(cc3B3c5ccccc5N5c6ccccc6B6c7ccccc7N(c7ccccc7)c7cc2c3c5c76)B2c3ccccc3N(c3ccccc3)c3cc(-c5ccc6oc7ccccc7c6c5)cc(c32)O4)cc1. The van der Waals surface area contributed by atoms with E-state index in [2.05, 4.69) is 323 Å². The van der Waals surface area contributed by atoms with Crippen molar-refractivity contribution in [2.45, 2.75) is 0 Å². The molecule has 428 valence electrons. The van der Waals surface area contributed by atoms with E-state index in [-0.39, 0.29) is 20.1 Å². The van der Waals surface area contributed by atoms with Crippen LogP contribution in [0.2, 0.25) is 0 Å². The Morgan fingerprint density at radius 2 is 0.699 bits per heavy atom. The summed E-state index contributed by atoms with van der Waals surface area (Å²) in [4.78, 5) is 10.3. The van der Waals surface area contributed by atoms with Gasteiger partial charge in [-0.3, -0.25) is 0 Å². The van der Waals surface area contributed by atoms with E-state index < -0.39 is 0 Å². The number of rotatable bonds is 6. The summed E-state index contributed by atoms with van der Waals surface area (Å²) in [5.74, 6) is 1.67. The monoisotopic (exact) mass is 1180 g/mol. The van der Waals surface area contributed by atoms with Crippen LogP contribution < -0.4 is 73.5 Å². The third-order valence-electron chi connectivity index (χ3n) is 20.6. The third-order valence-corrected chi connectivity index (χ3v) is 20.6. The first-order chi connectivity index (χ1) is 46.2. The molecule has 0 radical (unpaired) electrons. The minimum absolute atomic E-state index is 0.0508. The Morgan fingerprint density at radius 3 is 1.29 bits per heavy atom. The lowest BCUT2D eigenvalue weighted by molar-refractivity contribution is 0.488. The molecule has 6 nitrogen and oxygen atoms in total. The molecular weight excluding hydrogens is 1130 g/mol. The van der Waals surface area contributed by atoms with Crippen LogP contribution in [0.3, 0.4) is 0 Å². The van der Waals surface area contributed by atoms with E-state index in [1.165, 1.54) is 61.0 Å². The Hall–Kier alpha value is -11.9. The van der Waals surface area contributed by atoms with Gasteiger partial charge in [-0.05, 0) is 156 Å². The Morgan fingerprint density at radius 1 is 0.237 bits per heavy atom. The molecule has 0 spiro atoms. The molecule has 7 heterocycles. The second-order valence-electron chi connectivity index (χ2n) is 25.3. The van der Waals surface area contributed by atoms with Crippen molar-refractivity contribution in [3.63, 3.8) is 0 Å². The molecule has 15 aromatic rings. The van der Waals surface area contributed by atoms with E-state index in [9.17, 15) is 0 Å². The van der Waals surface area contributed by atoms with Crippen LogP contribution in [-0.4, -0.2) is 20.1 Å². The summed E-state index contributed by atoms with van der Waals surface area (Å²) in [7, 11) is 0. The van der Waals surface area contributed by atoms with Gasteiger partial charge in [-0.15, -0.1) is 0 Å². The van der Waals surface area contributed by atoms with Crippen LogP contribution in [0.1, 0.15) is 0 Å². The number of benzene rings is 14. The van der Waals surface area contributed by atoms with Crippen molar-refractivity contribution in [1.29, 1.82) is 0 Å². The molecule has 0 atom stereocenters. The quantitative estimate of drug-likeness (QED) is 0.154. The zero-order chi connectivity index (χ0) is 60.6. The molecule has 0 saturated heterocycles. The van der Waals surface area contributed by atoms with Crippen molar-refractivity contribution in [1.82, 2.24) is 0 Å². The Balaban J connectivity index is 0.893. The lowest BCUT2D eigenvalue weighted by Crippen LogP contribution is -2.69. The van der Waals surface area contributed by atoms with E-state index in [1.807, 2.05) is 6.07 Å². The average molecular weight is 1180 g/mol. The first-order valence-electron chi connectivity index (χ1n) is 32.2. The summed E-state index contributed by atoms with van der Waals surface area (Å²) >= 11 is 0. The van der Waals surface area contributed by atoms with Gasteiger partial charge in [-0.2, -0.15) is 0 Å². The van der Waals surface area contributed by atoms with Crippen molar-refractivity contribution in [2.24, 2.45) is 0 Å². The number of fused-ring (bicyclic) bond motifs is 17. The number of para-hydroxylation sites is 8. The van der Waals surface area contributed by atoms with Crippen LogP contribution in [0.25, 0.3) is 55.3 Å². The third kappa shape index (κ3) is 7.11. The van der Waals surface area contributed by atoms with E-state index in [0.717, 1.165) is 123 Å². The fourth-order valence-electron chi connectivity index (χ4n) is 16.9. The summed E-state index contributed by atoms with van der Waals surface area (Å²) in [5.41, 5.74) is 33.3. The standard InChI is InChI=1S/C84H51B3N4O2/c1-5-24-52(25-6-1)58-33-23-34-59(53-26-7-2-8-27-53)83(58)91-72-51-78-67(87-63-36-15-19-40-69(63)88(56-28-9-3-10-29-56)73-47-55(48-79(93-78)80(73)87)54-44-45-77-61(46-54)60-32-13-22-43-76(60)92-77)49-66(72)86-65-38-17-21-42-71(65)90-70-41-20-16-37-64(70)85-62-35-14-18-39-68(62)89(57-30-11-4-12-31-57)74-50-75(91)82(86)84(90)81(74)85/h1-51H. The minimum Gasteiger partial charge on any atom is -0.458 e. The van der Waals surface area contributed by atoms with Gasteiger partial charge in [0.25, 0.3) is 20.1 Å². The molecule has 0 amide bonds. The van der Waals surface area contributed by atoms with Gasteiger partial charge < -0.3 is 28.8 Å². The molecule has 0 saturated carbocycles. The molecular formula is C84H51B3N4O2. The van der Waals surface area contributed by atoms with Gasteiger partial charge in [0.05, 0.1) is 5.69 Å². The van der Waals surface area contributed by atoms with Gasteiger partial charge in [0.15, 0.2) is 0 Å². The topological polar surface area (TPSA) is 35.3 Å². The van der Waals surface area contributed by atoms with E-state index in [4.69, 9.17) is 9.15 Å². The van der Waals surface area contributed by atoms with E-state index in [0.29, 0.717) is 0 Å². The molecule has 0 N–H and O–H groups in total. The predicted octanol–water partition coefficient (Wildman–Crippen LogP) is 15.7. The summed E-state index contributed by atoms with van der Waals surface area (Å²) in [6.45, 7) is -0.436. The molecule has 21 rings (SSSR count). The summed E-state index contributed by atoms with van der Waals surface area (Å²) in [6.07, 6.45) is 0. The highest BCUT2D eigenvalue weighted by molar-refractivity contribution is 7.05. The highest BCUT2D eigenvalue weighted by Crippen LogP contribution is 2.54. The maximum absolute atomic E-state index is 7.87. The van der Waals surface area contributed by atoms with E-state index >= 15 is 0 Å². The van der Waals surface area contributed by atoms with Crippen molar-refractivity contribution in [3.05, 3.63) is 309 Å². The van der Waals surface area contributed by atoms with Crippen LogP contribution >= 0.6 is 0 Å². The van der Waals surface area contributed by atoms with Gasteiger partial charge in [-0.1, -0.05) is 218 Å². The van der Waals surface area contributed by atoms with Crippen molar-refractivity contribution >= 4 is 159 Å². The summed E-state index contributed by atoms with van der Waals surface area (Å²) in [5, 5.41) is 2.18. The first-order valence-corrected chi connectivity index (χ1v) is 32.2. The summed E-state index contributed by atoms with van der Waals surface area (Å²) < 4.78 is 14.3. The van der Waals surface area contributed by atoms with Crippen LogP contribution in [0.5, 0.6) is 11.5 Å². The zero-order valence-corrected chi connectivity index (χ0v) is 50.3. The largest absolute Gasteiger partial charge is 0.458 e. The van der Waals surface area contributed by atoms with Crippen LogP contribution in [0.15, 0.2) is 314 Å². The fraction of sp³-hybridized carbons (Fsp3) is 0. The maximum atomic E-state index is 7.87. The van der Waals surface area contributed by atoms with Gasteiger partial charge in [0.2, 0.25) is 0 Å². The fourth-order valence-corrected chi connectivity index (χ4v) is 16.9. The summed E-state index contributed by atoms with van der Waals surface area (Å²) in [6, 6.07) is 115. The van der Waals surface area contributed by atoms with Crippen molar-refractivity contribution < 1.29 is 9.15 Å². The molecule has 0 fully saturated rings. The van der Waals surface area contributed by atoms with Gasteiger partial charge in [0, 0.05) is 90.5 Å². The smallest absolute Gasteiger partial charge is 0.256 e. The number of hydrogen-bond acceptors (Lipinski definition) is 6. The van der Waals surface area contributed by atoms with Crippen LogP contribution in [0.4, 0.5) is 68.2 Å². The highest BCUT2D eigenvalue weighted by Gasteiger charge is 2.53. The highest BCUT2D eigenvalue weighted by atomic mass is 16.5. The first kappa shape index (κ1) is 50.9. The lowest BCUT2D eigenvalue weighted by atomic mass is 9.28. The number of anilines is 12. The molecule has 0 aliphatic carbocycles. The van der Waals surface area contributed by atoms with Crippen molar-refractivity contribution in [3.8, 4) is 44.9 Å². The van der Waals surface area contributed by atoms with Gasteiger partial charge in [0.1, 0.15) is 22.7 Å². The average Bonchev–Trinajstić information content (AvgIpc) is 1.36. The van der Waals surface area contributed by atoms with Crippen molar-refractivity contribution in [2.75, 3.05) is 19.6 Å². The maximum Gasteiger partial charge on any atom is 0.256 e.